The summed E-state index contributed by atoms with van der Waals surface area (Å²) in [5.74, 6) is -0.819. The molecule has 0 amide bonds. The number of ether oxygens (including phenoxy) is 2. The Kier molecular flexibility index (Phi) is 5.10. The summed E-state index contributed by atoms with van der Waals surface area (Å²) < 4.78 is 10.5. The molecule has 1 unspecified atom stereocenters. The Hall–Kier alpha value is -1.84. The van der Waals surface area contributed by atoms with Crippen LogP contribution in [-0.2, 0) is 19.1 Å². The van der Waals surface area contributed by atoms with Crippen LogP contribution < -0.4 is 0 Å². The van der Waals surface area contributed by atoms with E-state index in [0.717, 1.165) is 0 Å². The van der Waals surface area contributed by atoms with Gasteiger partial charge < -0.3 is 9.47 Å². The van der Waals surface area contributed by atoms with E-state index in [2.05, 4.69) is 0 Å². The fraction of sp³-hybridized carbons (Fsp3) is 0.467. The minimum Gasteiger partial charge on any atom is -0.421 e. The lowest BCUT2D eigenvalue weighted by Gasteiger charge is -2.23. The van der Waals surface area contributed by atoms with E-state index in [1.807, 2.05) is 6.07 Å². The molecular weight excluding hydrogens is 244 g/mol. The van der Waals surface area contributed by atoms with Gasteiger partial charge in [-0.15, -0.1) is 0 Å². The lowest BCUT2D eigenvalue weighted by Crippen LogP contribution is -2.27. The average Bonchev–Trinajstić information content (AvgIpc) is 2.37. The van der Waals surface area contributed by atoms with Gasteiger partial charge in [0.05, 0.1) is 5.41 Å². The Bertz CT molecular complexity index is 431. The van der Waals surface area contributed by atoms with Gasteiger partial charge >= 0.3 is 11.9 Å². The molecule has 0 aromatic heterocycles. The zero-order valence-electron chi connectivity index (χ0n) is 11.8. The molecular formula is C15H20O4. The van der Waals surface area contributed by atoms with Gasteiger partial charge in [-0.1, -0.05) is 37.3 Å². The van der Waals surface area contributed by atoms with Crippen molar-refractivity contribution in [1.29, 1.82) is 0 Å². The smallest absolute Gasteiger partial charge is 0.314 e. The quantitative estimate of drug-likeness (QED) is 0.619. The molecule has 4 nitrogen and oxygen atoms in total. The van der Waals surface area contributed by atoms with Crippen LogP contribution in [0.2, 0.25) is 0 Å². The van der Waals surface area contributed by atoms with Crippen LogP contribution in [0.4, 0.5) is 0 Å². The lowest BCUT2D eigenvalue weighted by atomic mass is 9.97. The van der Waals surface area contributed by atoms with Gasteiger partial charge in [0.25, 0.3) is 6.29 Å². The molecule has 104 valence electrons. The van der Waals surface area contributed by atoms with Crippen LogP contribution in [-0.4, -0.2) is 11.9 Å². The molecule has 1 rings (SSSR count). The molecule has 0 aliphatic carbocycles. The van der Waals surface area contributed by atoms with Crippen molar-refractivity contribution in [3.8, 4) is 0 Å². The van der Waals surface area contributed by atoms with E-state index in [0.29, 0.717) is 5.56 Å². The van der Waals surface area contributed by atoms with Gasteiger partial charge in [-0.2, -0.15) is 0 Å². The third-order valence-corrected chi connectivity index (χ3v) is 2.43. The van der Waals surface area contributed by atoms with E-state index < -0.39 is 23.6 Å². The van der Waals surface area contributed by atoms with Crippen LogP contribution in [0.3, 0.4) is 0 Å². The summed E-state index contributed by atoms with van der Waals surface area (Å²) in [5.41, 5.74) is -0.00652. The number of hydrogen-bond acceptors (Lipinski definition) is 4. The van der Waals surface area contributed by atoms with E-state index >= 15 is 0 Å². The molecule has 4 heteroatoms. The van der Waals surface area contributed by atoms with E-state index in [9.17, 15) is 9.59 Å². The van der Waals surface area contributed by atoms with Crippen LogP contribution in [0.15, 0.2) is 30.3 Å². The van der Waals surface area contributed by atoms with Crippen molar-refractivity contribution in [3.63, 3.8) is 0 Å². The second kappa shape index (κ2) is 6.36. The Morgan fingerprint density at radius 2 is 1.68 bits per heavy atom. The highest BCUT2D eigenvalue weighted by Crippen LogP contribution is 2.24. The van der Waals surface area contributed by atoms with Gasteiger partial charge in [0.2, 0.25) is 0 Å². The molecule has 0 fully saturated rings. The van der Waals surface area contributed by atoms with Crippen LogP contribution in [0.1, 0.15) is 46.0 Å². The molecule has 0 saturated carbocycles. The van der Waals surface area contributed by atoms with E-state index in [-0.39, 0.29) is 6.42 Å². The van der Waals surface area contributed by atoms with Gasteiger partial charge in [-0.3, -0.25) is 9.59 Å². The van der Waals surface area contributed by atoms with Crippen molar-refractivity contribution in [2.45, 2.75) is 40.4 Å². The first kappa shape index (κ1) is 15.2. The normalized spacial score (nSPS) is 12.6. The van der Waals surface area contributed by atoms with Crippen LogP contribution in [0.25, 0.3) is 0 Å². The van der Waals surface area contributed by atoms with Gasteiger partial charge in [-0.05, 0) is 20.8 Å². The van der Waals surface area contributed by atoms with Crippen molar-refractivity contribution in [2.24, 2.45) is 5.41 Å². The maximum atomic E-state index is 11.9. The molecule has 0 bridgehead atoms. The third-order valence-electron chi connectivity index (χ3n) is 2.43. The first-order valence-corrected chi connectivity index (χ1v) is 6.30. The summed E-state index contributed by atoms with van der Waals surface area (Å²) in [5, 5.41) is 0. The highest BCUT2D eigenvalue weighted by molar-refractivity contribution is 5.76. The second-order valence-corrected chi connectivity index (χ2v) is 5.24. The lowest BCUT2D eigenvalue weighted by molar-refractivity contribution is -0.195. The largest absolute Gasteiger partial charge is 0.421 e. The van der Waals surface area contributed by atoms with Crippen molar-refractivity contribution in [2.75, 3.05) is 0 Å². The molecule has 1 atom stereocenters. The van der Waals surface area contributed by atoms with Crippen molar-refractivity contribution < 1.29 is 19.1 Å². The molecule has 0 N–H and O–H groups in total. The number of benzene rings is 1. The Labute approximate surface area is 113 Å². The van der Waals surface area contributed by atoms with E-state index in [1.165, 1.54) is 0 Å². The summed E-state index contributed by atoms with van der Waals surface area (Å²) in [4.78, 5) is 23.3. The van der Waals surface area contributed by atoms with E-state index in [4.69, 9.17) is 9.47 Å². The Morgan fingerprint density at radius 1 is 1.11 bits per heavy atom. The number of carbonyl (C=O) groups excluding carboxylic acids is 2. The average molecular weight is 264 g/mol. The van der Waals surface area contributed by atoms with Gasteiger partial charge in [0.15, 0.2) is 0 Å². The molecule has 1 aromatic rings. The monoisotopic (exact) mass is 264 g/mol. The third kappa shape index (κ3) is 4.73. The van der Waals surface area contributed by atoms with Crippen LogP contribution in [0, 0.1) is 5.41 Å². The summed E-state index contributed by atoms with van der Waals surface area (Å²) >= 11 is 0. The first-order valence-electron chi connectivity index (χ1n) is 6.30. The molecule has 1 aromatic carbocycles. The fourth-order valence-corrected chi connectivity index (χ4v) is 1.25. The summed E-state index contributed by atoms with van der Waals surface area (Å²) in [6, 6.07) is 8.95. The minimum atomic E-state index is -0.986. The summed E-state index contributed by atoms with van der Waals surface area (Å²) in [7, 11) is 0. The Morgan fingerprint density at radius 3 is 2.16 bits per heavy atom. The first-order chi connectivity index (χ1) is 8.84. The van der Waals surface area contributed by atoms with Crippen molar-refractivity contribution >= 4 is 11.9 Å². The highest BCUT2D eigenvalue weighted by Gasteiger charge is 2.28. The van der Waals surface area contributed by atoms with Crippen LogP contribution in [0.5, 0.6) is 0 Å². The molecule has 0 saturated heterocycles. The second-order valence-electron chi connectivity index (χ2n) is 5.24. The minimum absolute atomic E-state index is 0.233. The molecule has 0 aliphatic rings. The zero-order chi connectivity index (χ0) is 14.5. The number of carbonyl (C=O) groups is 2. The molecule has 0 aliphatic heterocycles. The summed E-state index contributed by atoms with van der Waals surface area (Å²) in [6.45, 7) is 6.94. The number of esters is 2. The fourth-order valence-electron chi connectivity index (χ4n) is 1.25. The maximum absolute atomic E-state index is 11.9. The van der Waals surface area contributed by atoms with Gasteiger partial charge in [0.1, 0.15) is 0 Å². The van der Waals surface area contributed by atoms with Crippen molar-refractivity contribution in [1.82, 2.24) is 0 Å². The van der Waals surface area contributed by atoms with Crippen molar-refractivity contribution in [3.05, 3.63) is 35.9 Å². The topological polar surface area (TPSA) is 52.6 Å². The van der Waals surface area contributed by atoms with Gasteiger partial charge in [0, 0.05) is 12.0 Å². The highest BCUT2D eigenvalue weighted by atomic mass is 16.7. The standard InChI is InChI=1S/C15H20O4/c1-5-12(16)18-13(11-9-7-6-8-10-11)19-14(17)15(2,3)4/h6-10,13H,5H2,1-4H3. The van der Waals surface area contributed by atoms with Crippen LogP contribution >= 0.6 is 0 Å². The number of hydrogen-bond donors (Lipinski definition) is 0. The van der Waals surface area contributed by atoms with E-state index in [1.54, 1.807) is 52.0 Å². The Balaban J connectivity index is 2.88. The predicted octanol–water partition coefficient (Wildman–Crippen LogP) is 3.23. The molecule has 0 spiro atoms. The zero-order valence-corrected chi connectivity index (χ0v) is 11.8. The number of rotatable bonds is 4. The molecule has 0 radical (unpaired) electrons. The molecule has 0 heterocycles. The predicted molar refractivity (Wildman–Crippen MR) is 71.1 cm³/mol. The maximum Gasteiger partial charge on any atom is 0.314 e. The van der Waals surface area contributed by atoms with Gasteiger partial charge in [-0.25, -0.2) is 0 Å². The summed E-state index contributed by atoms with van der Waals surface area (Å²) in [6.07, 6.45) is -0.753. The SMILES string of the molecule is CCC(=O)OC(OC(=O)C(C)(C)C)c1ccccc1. The molecule has 19 heavy (non-hydrogen) atoms.